The van der Waals surface area contributed by atoms with Crippen molar-refractivity contribution in [2.75, 3.05) is 6.61 Å². The molecule has 0 bridgehead atoms. The third-order valence-electron chi connectivity index (χ3n) is 3.64. The van der Waals surface area contributed by atoms with Gasteiger partial charge >= 0.3 is 5.97 Å². The van der Waals surface area contributed by atoms with Gasteiger partial charge in [0.25, 0.3) is 5.91 Å². The zero-order chi connectivity index (χ0) is 16.7. The molecule has 0 heterocycles. The van der Waals surface area contributed by atoms with Crippen LogP contribution in [0.25, 0.3) is 0 Å². The van der Waals surface area contributed by atoms with Crippen LogP contribution >= 0.6 is 0 Å². The third kappa shape index (κ3) is 5.17. The number of esters is 1. The van der Waals surface area contributed by atoms with E-state index >= 15 is 0 Å². The number of hydrogen-bond donors (Lipinski definition) is 1. The van der Waals surface area contributed by atoms with E-state index in [9.17, 15) is 9.59 Å². The Morgan fingerprint density at radius 1 is 1.14 bits per heavy atom. The molecule has 1 N–H and O–H groups in total. The summed E-state index contributed by atoms with van der Waals surface area (Å²) in [5.74, 6) is 0.00928. The van der Waals surface area contributed by atoms with Crippen LogP contribution in [-0.4, -0.2) is 24.5 Å². The van der Waals surface area contributed by atoms with Crippen molar-refractivity contribution in [3.05, 3.63) is 35.4 Å². The van der Waals surface area contributed by atoms with Crippen LogP contribution in [0.2, 0.25) is 0 Å². The summed E-state index contributed by atoms with van der Waals surface area (Å²) in [6.45, 7) is 10.2. The zero-order valence-corrected chi connectivity index (χ0v) is 14.2. The van der Waals surface area contributed by atoms with Gasteiger partial charge in [-0.25, -0.2) is 0 Å². The van der Waals surface area contributed by atoms with Gasteiger partial charge in [0.2, 0.25) is 0 Å². The van der Waals surface area contributed by atoms with E-state index in [4.69, 9.17) is 4.74 Å². The van der Waals surface area contributed by atoms with Crippen molar-refractivity contribution in [3.63, 3.8) is 0 Å². The standard InChI is InChI=1S/C18H27NO3/c1-6-22-17(20)11-16(13(4)5)19-18(21)15-10-8-7-9-14(15)12(2)3/h7-10,12-13,16H,6,11H2,1-5H3,(H,19,21). The molecule has 0 saturated heterocycles. The molecule has 1 unspecified atom stereocenters. The molecule has 0 radical (unpaired) electrons. The first-order chi connectivity index (χ1) is 10.4. The van der Waals surface area contributed by atoms with Crippen LogP contribution in [0.15, 0.2) is 24.3 Å². The topological polar surface area (TPSA) is 55.4 Å². The van der Waals surface area contributed by atoms with E-state index in [1.807, 2.05) is 38.1 Å². The van der Waals surface area contributed by atoms with Crippen LogP contribution in [0.3, 0.4) is 0 Å². The molecule has 0 aliphatic heterocycles. The van der Waals surface area contributed by atoms with Gasteiger partial charge in [-0.1, -0.05) is 45.9 Å². The van der Waals surface area contributed by atoms with E-state index < -0.39 is 0 Å². The summed E-state index contributed by atoms with van der Waals surface area (Å²) in [5, 5.41) is 2.98. The van der Waals surface area contributed by atoms with Gasteiger partial charge in [-0.2, -0.15) is 0 Å². The molecule has 0 saturated carbocycles. The zero-order valence-electron chi connectivity index (χ0n) is 14.2. The van der Waals surface area contributed by atoms with Gasteiger partial charge in [0.05, 0.1) is 13.0 Å². The lowest BCUT2D eigenvalue weighted by molar-refractivity contribution is -0.143. The molecule has 1 rings (SSSR count). The van der Waals surface area contributed by atoms with Crippen molar-refractivity contribution in [2.24, 2.45) is 5.92 Å². The fourth-order valence-electron chi connectivity index (χ4n) is 2.31. The fraction of sp³-hybridized carbons (Fsp3) is 0.556. The Balaban J connectivity index is 2.86. The second-order valence-corrected chi connectivity index (χ2v) is 6.08. The summed E-state index contributed by atoms with van der Waals surface area (Å²) in [4.78, 5) is 24.2. The number of amides is 1. The second-order valence-electron chi connectivity index (χ2n) is 6.08. The normalized spacial score (nSPS) is 12.3. The van der Waals surface area contributed by atoms with Gasteiger partial charge < -0.3 is 10.1 Å². The molecule has 0 fully saturated rings. The molecule has 0 spiro atoms. The predicted molar refractivity (Wildman–Crippen MR) is 87.9 cm³/mol. The Labute approximate surface area is 133 Å². The van der Waals surface area contributed by atoms with E-state index in [1.165, 1.54) is 0 Å². The number of ether oxygens (including phenoxy) is 1. The monoisotopic (exact) mass is 305 g/mol. The summed E-state index contributed by atoms with van der Waals surface area (Å²) < 4.78 is 4.98. The smallest absolute Gasteiger partial charge is 0.307 e. The molecule has 0 aliphatic carbocycles. The van der Waals surface area contributed by atoms with E-state index in [1.54, 1.807) is 6.92 Å². The molecule has 1 aromatic rings. The van der Waals surface area contributed by atoms with E-state index in [-0.39, 0.29) is 36.2 Å². The van der Waals surface area contributed by atoms with Gasteiger partial charge in [0.1, 0.15) is 0 Å². The van der Waals surface area contributed by atoms with Gasteiger partial charge in [-0.05, 0) is 30.4 Å². The molecule has 22 heavy (non-hydrogen) atoms. The van der Waals surface area contributed by atoms with Crippen molar-refractivity contribution in [3.8, 4) is 0 Å². The number of carbonyl (C=O) groups is 2. The average molecular weight is 305 g/mol. The highest BCUT2D eigenvalue weighted by Crippen LogP contribution is 2.19. The maximum absolute atomic E-state index is 12.6. The lowest BCUT2D eigenvalue weighted by Gasteiger charge is -2.22. The molecule has 1 aromatic carbocycles. The van der Waals surface area contributed by atoms with Crippen molar-refractivity contribution in [1.29, 1.82) is 0 Å². The third-order valence-corrected chi connectivity index (χ3v) is 3.64. The van der Waals surface area contributed by atoms with Gasteiger partial charge in [0, 0.05) is 11.6 Å². The highest BCUT2D eigenvalue weighted by molar-refractivity contribution is 5.96. The van der Waals surface area contributed by atoms with E-state index in [0.29, 0.717) is 12.2 Å². The number of hydrogen-bond acceptors (Lipinski definition) is 3. The van der Waals surface area contributed by atoms with Gasteiger partial charge in [-0.15, -0.1) is 0 Å². The molecule has 4 nitrogen and oxygen atoms in total. The van der Waals surface area contributed by atoms with Crippen LogP contribution in [0, 0.1) is 5.92 Å². The van der Waals surface area contributed by atoms with Crippen molar-refractivity contribution >= 4 is 11.9 Å². The predicted octanol–water partition coefficient (Wildman–Crippen LogP) is 3.52. The first kappa shape index (κ1) is 18.2. The molecule has 0 aliphatic rings. The Bertz CT molecular complexity index is 509. The Morgan fingerprint density at radius 2 is 1.77 bits per heavy atom. The largest absolute Gasteiger partial charge is 0.466 e. The highest BCUT2D eigenvalue weighted by Gasteiger charge is 2.22. The molecule has 4 heteroatoms. The average Bonchev–Trinajstić information content (AvgIpc) is 2.46. The lowest BCUT2D eigenvalue weighted by Crippen LogP contribution is -2.40. The van der Waals surface area contributed by atoms with Crippen LogP contribution in [0.4, 0.5) is 0 Å². The summed E-state index contributed by atoms with van der Waals surface area (Å²) in [7, 11) is 0. The van der Waals surface area contributed by atoms with E-state index in [2.05, 4.69) is 19.2 Å². The molecular formula is C18H27NO3. The minimum atomic E-state index is -0.279. The SMILES string of the molecule is CCOC(=O)CC(NC(=O)c1ccccc1C(C)C)C(C)C. The summed E-state index contributed by atoms with van der Waals surface area (Å²) in [6, 6.07) is 7.36. The van der Waals surface area contributed by atoms with E-state index in [0.717, 1.165) is 5.56 Å². The first-order valence-corrected chi connectivity index (χ1v) is 7.92. The Kier molecular flexibility index (Phi) is 7.09. The van der Waals surface area contributed by atoms with Crippen LogP contribution < -0.4 is 5.32 Å². The summed E-state index contributed by atoms with van der Waals surface area (Å²) >= 11 is 0. The number of rotatable bonds is 7. The van der Waals surface area contributed by atoms with Gasteiger partial charge in [-0.3, -0.25) is 9.59 Å². The molecule has 122 valence electrons. The minimum Gasteiger partial charge on any atom is -0.466 e. The maximum atomic E-state index is 12.6. The number of benzene rings is 1. The van der Waals surface area contributed by atoms with Crippen LogP contribution in [0.5, 0.6) is 0 Å². The second kappa shape index (κ2) is 8.57. The lowest BCUT2D eigenvalue weighted by atomic mass is 9.95. The van der Waals surface area contributed by atoms with Crippen LogP contribution in [-0.2, 0) is 9.53 Å². The Morgan fingerprint density at radius 3 is 2.32 bits per heavy atom. The molecule has 0 aromatic heterocycles. The van der Waals surface area contributed by atoms with Crippen molar-refractivity contribution in [2.45, 2.75) is 53.0 Å². The minimum absolute atomic E-state index is 0.132. The van der Waals surface area contributed by atoms with Crippen molar-refractivity contribution < 1.29 is 14.3 Å². The summed E-state index contributed by atoms with van der Waals surface area (Å²) in [6.07, 6.45) is 0.196. The number of nitrogens with one attached hydrogen (secondary N) is 1. The quantitative estimate of drug-likeness (QED) is 0.784. The van der Waals surface area contributed by atoms with Crippen LogP contribution in [0.1, 0.15) is 62.9 Å². The van der Waals surface area contributed by atoms with Gasteiger partial charge in [0.15, 0.2) is 0 Å². The highest BCUT2D eigenvalue weighted by atomic mass is 16.5. The fourth-order valence-corrected chi connectivity index (χ4v) is 2.31. The first-order valence-electron chi connectivity index (χ1n) is 7.92. The number of carbonyl (C=O) groups excluding carboxylic acids is 2. The molecular weight excluding hydrogens is 278 g/mol. The molecule has 1 atom stereocenters. The maximum Gasteiger partial charge on any atom is 0.307 e. The van der Waals surface area contributed by atoms with Crippen molar-refractivity contribution in [1.82, 2.24) is 5.32 Å². The summed E-state index contributed by atoms with van der Waals surface area (Å²) in [5.41, 5.74) is 1.69. The Hall–Kier alpha value is -1.84. The molecule has 1 amide bonds.